The third-order valence-corrected chi connectivity index (χ3v) is 1.73. The van der Waals surface area contributed by atoms with E-state index in [9.17, 15) is 4.79 Å². The van der Waals surface area contributed by atoms with Crippen molar-refractivity contribution in [3.8, 4) is 0 Å². The molecular formula is C9H15N5O3. The Hall–Kier alpha value is -2.19. The summed E-state index contributed by atoms with van der Waals surface area (Å²) in [4.78, 5) is 10.7. The van der Waals surface area contributed by atoms with Gasteiger partial charge in [-0.15, -0.1) is 5.10 Å². The molecule has 17 heavy (non-hydrogen) atoms. The molecule has 0 spiro atoms. The Kier molecular flexibility index (Phi) is 5.58. The molecule has 0 aliphatic rings. The van der Waals surface area contributed by atoms with Gasteiger partial charge in [0.25, 0.3) is 0 Å². The zero-order valence-electron chi connectivity index (χ0n) is 9.32. The molecule has 1 heterocycles. The van der Waals surface area contributed by atoms with E-state index >= 15 is 0 Å². The van der Waals surface area contributed by atoms with Crippen molar-refractivity contribution in [3.05, 3.63) is 24.3 Å². The molecule has 7 N–H and O–H groups in total. The lowest BCUT2D eigenvalue weighted by Gasteiger charge is -1.89. The quantitative estimate of drug-likeness (QED) is 0.503. The maximum atomic E-state index is 9.45. The number of nitrogens with zero attached hydrogens (tertiary/aromatic N) is 3. The highest BCUT2D eigenvalue weighted by Crippen LogP contribution is 2.05. The number of benzene rings is 1. The summed E-state index contributed by atoms with van der Waals surface area (Å²) >= 11 is 0. The molecule has 1 unspecified atom stereocenters. The van der Waals surface area contributed by atoms with E-state index in [2.05, 4.69) is 10.3 Å². The molecule has 0 saturated heterocycles. The second-order valence-electron chi connectivity index (χ2n) is 3.04. The standard InChI is InChI=1S/C6H6N4.C3H6O3.H3N/c7-10-6-4-2-1-3-5(6)8-9-10;1-2(4)3(5)6;/h1-4H,7H2;2,4H,1H3,(H,5,6);1H3. The Labute approximate surface area is 97.2 Å². The van der Waals surface area contributed by atoms with Crippen molar-refractivity contribution in [3.63, 3.8) is 0 Å². The van der Waals surface area contributed by atoms with E-state index < -0.39 is 12.1 Å². The van der Waals surface area contributed by atoms with Crippen LogP contribution in [0.2, 0.25) is 0 Å². The molecule has 1 aromatic heterocycles. The third-order valence-electron chi connectivity index (χ3n) is 1.73. The summed E-state index contributed by atoms with van der Waals surface area (Å²) in [7, 11) is 0. The van der Waals surface area contributed by atoms with Crippen LogP contribution in [0, 0.1) is 0 Å². The number of nitrogen functional groups attached to an aromatic ring is 1. The molecule has 94 valence electrons. The van der Waals surface area contributed by atoms with Gasteiger partial charge in [-0.1, -0.05) is 12.1 Å². The normalized spacial score (nSPS) is 10.9. The highest BCUT2D eigenvalue weighted by atomic mass is 16.4. The highest BCUT2D eigenvalue weighted by molar-refractivity contribution is 5.73. The van der Waals surface area contributed by atoms with Gasteiger partial charge in [-0.05, 0) is 24.3 Å². The number of hydrogen-bond acceptors (Lipinski definition) is 6. The molecule has 2 rings (SSSR count). The van der Waals surface area contributed by atoms with Crippen molar-refractivity contribution in [1.82, 2.24) is 21.3 Å². The van der Waals surface area contributed by atoms with Gasteiger partial charge >= 0.3 is 5.97 Å². The number of carboxylic acids is 1. The van der Waals surface area contributed by atoms with E-state index in [0.717, 1.165) is 11.0 Å². The van der Waals surface area contributed by atoms with Crippen LogP contribution in [-0.2, 0) is 4.79 Å². The van der Waals surface area contributed by atoms with Crippen LogP contribution >= 0.6 is 0 Å². The second kappa shape index (κ2) is 6.40. The molecule has 0 bridgehead atoms. The van der Waals surface area contributed by atoms with Crippen LogP contribution in [-0.4, -0.2) is 37.4 Å². The number of aliphatic carboxylic acids is 1. The summed E-state index contributed by atoms with van der Waals surface area (Å²) in [5.74, 6) is 4.23. The summed E-state index contributed by atoms with van der Waals surface area (Å²) < 4.78 is 0. The Balaban J connectivity index is 0.000000324. The number of carbonyl (C=O) groups is 1. The smallest absolute Gasteiger partial charge is 0.332 e. The minimum absolute atomic E-state index is 0. The van der Waals surface area contributed by atoms with E-state index in [1.807, 2.05) is 24.3 Å². The van der Waals surface area contributed by atoms with Crippen molar-refractivity contribution in [2.24, 2.45) is 0 Å². The minimum Gasteiger partial charge on any atom is -0.479 e. The molecule has 0 saturated carbocycles. The van der Waals surface area contributed by atoms with Gasteiger partial charge in [0.1, 0.15) is 17.1 Å². The first-order valence-corrected chi connectivity index (χ1v) is 4.48. The van der Waals surface area contributed by atoms with Gasteiger partial charge in [0.2, 0.25) is 0 Å². The van der Waals surface area contributed by atoms with E-state index in [1.165, 1.54) is 11.7 Å². The largest absolute Gasteiger partial charge is 0.479 e. The monoisotopic (exact) mass is 241 g/mol. The number of nitrogens with two attached hydrogens (primary N) is 1. The minimum atomic E-state index is -1.23. The Morgan fingerprint density at radius 1 is 1.47 bits per heavy atom. The molecule has 8 heteroatoms. The number of aromatic nitrogens is 3. The topological polar surface area (TPSA) is 149 Å². The fraction of sp³-hybridized carbons (Fsp3) is 0.222. The van der Waals surface area contributed by atoms with Gasteiger partial charge in [-0.25, -0.2) is 4.79 Å². The van der Waals surface area contributed by atoms with Crippen LogP contribution in [0.1, 0.15) is 6.92 Å². The molecule has 0 radical (unpaired) electrons. The summed E-state index contributed by atoms with van der Waals surface area (Å²) in [5.41, 5.74) is 1.67. The number of aliphatic hydroxyl groups is 1. The van der Waals surface area contributed by atoms with Crippen molar-refractivity contribution >= 4 is 17.0 Å². The number of fused-ring (bicyclic) bond motifs is 1. The van der Waals surface area contributed by atoms with Crippen LogP contribution in [0.25, 0.3) is 11.0 Å². The van der Waals surface area contributed by atoms with E-state index in [0.29, 0.717) is 0 Å². The summed E-state index contributed by atoms with van der Waals surface area (Å²) in [6, 6.07) is 7.53. The van der Waals surface area contributed by atoms with Crippen molar-refractivity contribution in [2.75, 3.05) is 5.84 Å². The molecule has 0 fully saturated rings. The van der Waals surface area contributed by atoms with Crippen molar-refractivity contribution in [1.29, 1.82) is 0 Å². The lowest BCUT2D eigenvalue weighted by Crippen LogP contribution is -2.13. The average Bonchev–Trinajstić information content (AvgIpc) is 2.62. The lowest BCUT2D eigenvalue weighted by molar-refractivity contribution is -0.145. The van der Waals surface area contributed by atoms with Crippen molar-refractivity contribution in [2.45, 2.75) is 13.0 Å². The zero-order chi connectivity index (χ0) is 12.1. The van der Waals surface area contributed by atoms with E-state index in [1.54, 1.807) is 0 Å². The SMILES string of the molecule is CC(O)C(=O)O.N.Nn1nnc2ccccc21. The van der Waals surface area contributed by atoms with E-state index in [-0.39, 0.29) is 6.15 Å². The van der Waals surface area contributed by atoms with Crippen LogP contribution in [0.15, 0.2) is 24.3 Å². The summed E-state index contributed by atoms with van der Waals surface area (Å²) in [6.07, 6.45) is -1.23. The maximum Gasteiger partial charge on any atom is 0.332 e. The number of rotatable bonds is 1. The molecule has 1 aromatic carbocycles. The second-order valence-corrected chi connectivity index (χ2v) is 3.04. The third kappa shape index (κ3) is 4.05. The molecular weight excluding hydrogens is 226 g/mol. The Morgan fingerprint density at radius 2 is 2.00 bits per heavy atom. The van der Waals surface area contributed by atoms with Gasteiger partial charge in [-0.3, -0.25) is 0 Å². The number of hydrogen-bond donors (Lipinski definition) is 4. The molecule has 1 atom stereocenters. The Bertz CT molecular complexity index is 482. The zero-order valence-corrected chi connectivity index (χ0v) is 9.32. The van der Waals surface area contributed by atoms with Gasteiger partial charge < -0.3 is 22.2 Å². The lowest BCUT2D eigenvalue weighted by atomic mass is 10.3. The van der Waals surface area contributed by atoms with Gasteiger partial charge in [0, 0.05) is 0 Å². The first-order chi connectivity index (χ1) is 7.52. The summed E-state index contributed by atoms with van der Waals surface area (Å²) in [6.45, 7) is 1.20. The molecule has 0 aliphatic carbocycles. The van der Waals surface area contributed by atoms with Gasteiger partial charge in [-0.2, -0.15) is 4.79 Å². The molecule has 2 aromatic rings. The number of para-hydroxylation sites is 1. The van der Waals surface area contributed by atoms with E-state index in [4.69, 9.17) is 16.1 Å². The molecule has 0 amide bonds. The van der Waals surface area contributed by atoms with Crippen molar-refractivity contribution < 1.29 is 15.0 Å². The maximum absolute atomic E-state index is 9.45. The Morgan fingerprint density at radius 3 is 2.47 bits per heavy atom. The highest BCUT2D eigenvalue weighted by Gasteiger charge is 2.01. The molecule has 0 aliphatic heterocycles. The first kappa shape index (κ1) is 14.8. The predicted octanol–water partition coefficient (Wildman–Crippen LogP) is -0.241. The van der Waals surface area contributed by atoms with Gasteiger partial charge in [0.15, 0.2) is 0 Å². The number of carboxylic acid groups (broad SMARTS) is 1. The summed E-state index contributed by atoms with van der Waals surface area (Å²) in [5, 5.41) is 23.2. The van der Waals surface area contributed by atoms with Crippen LogP contribution in [0.3, 0.4) is 0 Å². The first-order valence-electron chi connectivity index (χ1n) is 4.48. The molecule has 8 nitrogen and oxygen atoms in total. The van der Waals surface area contributed by atoms with Crippen LogP contribution < -0.4 is 12.0 Å². The van der Waals surface area contributed by atoms with Gasteiger partial charge in [0.05, 0.1) is 0 Å². The fourth-order valence-electron chi connectivity index (χ4n) is 0.887. The van der Waals surface area contributed by atoms with Crippen LogP contribution in [0.5, 0.6) is 0 Å². The van der Waals surface area contributed by atoms with Crippen LogP contribution in [0.4, 0.5) is 0 Å². The average molecular weight is 241 g/mol. The predicted molar refractivity (Wildman–Crippen MR) is 62.0 cm³/mol. The number of aliphatic hydroxyl groups excluding tert-OH is 1. The fourth-order valence-corrected chi connectivity index (χ4v) is 0.887.